The predicted octanol–water partition coefficient (Wildman–Crippen LogP) is 1.51. The molecule has 0 aromatic carbocycles. The van der Waals surface area contributed by atoms with E-state index in [0.29, 0.717) is 5.92 Å². The van der Waals surface area contributed by atoms with Gasteiger partial charge in [0.25, 0.3) is 0 Å². The molecule has 2 saturated heterocycles. The van der Waals surface area contributed by atoms with Crippen LogP contribution in [-0.2, 0) is 9.47 Å². The largest absolute Gasteiger partial charge is 0.381 e. The van der Waals surface area contributed by atoms with Gasteiger partial charge in [-0.25, -0.2) is 0 Å². The fourth-order valence-corrected chi connectivity index (χ4v) is 3.62. The molecule has 2 aliphatic rings. The first kappa shape index (κ1) is 12.5. The van der Waals surface area contributed by atoms with Gasteiger partial charge in [-0.15, -0.1) is 5.10 Å². The summed E-state index contributed by atoms with van der Waals surface area (Å²) >= 11 is 1.41. The molecule has 6 heteroatoms. The number of rotatable bonds is 2. The predicted molar refractivity (Wildman–Crippen MR) is 68.3 cm³/mol. The maximum absolute atomic E-state index is 6.35. The van der Waals surface area contributed by atoms with Crippen molar-refractivity contribution in [1.82, 2.24) is 9.59 Å². The Bertz CT molecular complexity index is 373. The van der Waals surface area contributed by atoms with Crippen LogP contribution in [0.15, 0.2) is 6.20 Å². The van der Waals surface area contributed by atoms with Crippen LogP contribution in [-0.4, -0.2) is 35.0 Å². The average molecular weight is 269 g/mol. The Labute approximate surface area is 111 Å². The Hall–Kier alpha value is -0.560. The summed E-state index contributed by atoms with van der Waals surface area (Å²) in [7, 11) is 0. The highest BCUT2D eigenvalue weighted by atomic mass is 32.1. The van der Waals surface area contributed by atoms with Gasteiger partial charge in [0.05, 0.1) is 16.7 Å². The van der Waals surface area contributed by atoms with E-state index in [-0.39, 0.29) is 11.6 Å². The molecule has 2 fully saturated rings. The molecule has 0 bridgehead atoms. The minimum absolute atomic E-state index is 0.0108. The van der Waals surface area contributed by atoms with Crippen molar-refractivity contribution in [3.05, 3.63) is 11.1 Å². The molecule has 2 unspecified atom stereocenters. The fraction of sp³-hybridized carbons (Fsp3) is 0.833. The summed E-state index contributed by atoms with van der Waals surface area (Å²) in [6, 6.07) is 0.0496. The van der Waals surface area contributed by atoms with E-state index in [4.69, 9.17) is 15.2 Å². The van der Waals surface area contributed by atoms with Crippen LogP contribution in [0.2, 0.25) is 0 Å². The normalized spacial score (nSPS) is 29.3. The third-order valence-electron chi connectivity index (χ3n) is 4.15. The topological polar surface area (TPSA) is 70.3 Å². The zero-order valence-electron chi connectivity index (χ0n) is 10.4. The smallest absolute Gasteiger partial charge is 0.0729 e. The standard InChI is InChI=1S/C12H19N3O2S/c13-11(10-8-14-15-18-10)9-1-4-17-12(7-9)2-5-16-6-3-12/h8-9,11H,1-7,13H2. The van der Waals surface area contributed by atoms with Crippen LogP contribution in [0.5, 0.6) is 0 Å². The van der Waals surface area contributed by atoms with Gasteiger partial charge in [-0.1, -0.05) is 4.49 Å². The first-order valence-corrected chi connectivity index (χ1v) is 7.31. The molecule has 3 heterocycles. The maximum atomic E-state index is 6.35. The molecule has 2 atom stereocenters. The summed E-state index contributed by atoms with van der Waals surface area (Å²) in [5.74, 6) is 0.471. The Morgan fingerprint density at radius 3 is 2.94 bits per heavy atom. The van der Waals surface area contributed by atoms with Crippen molar-refractivity contribution in [2.75, 3.05) is 19.8 Å². The number of nitrogens with zero attached hydrogens (tertiary/aromatic N) is 2. The maximum Gasteiger partial charge on any atom is 0.0729 e. The zero-order valence-corrected chi connectivity index (χ0v) is 11.2. The highest BCUT2D eigenvalue weighted by Crippen LogP contribution is 2.41. The van der Waals surface area contributed by atoms with Crippen molar-refractivity contribution in [2.24, 2.45) is 11.7 Å². The summed E-state index contributed by atoms with van der Waals surface area (Å²) in [5, 5.41) is 3.88. The Morgan fingerprint density at radius 2 is 2.22 bits per heavy atom. The second-order valence-electron chi connectivity index (χ2n) is 5.24. The second-order valence-corrected chi connectivity index (χ2v) is 6.06. The first-order valence-electron chi connectivity index (χ1n) is 6.54. The Kier molecular flexibility index (Phi) is 3.61. The van der Waals surface area contributed by atoms with E-state index in [0.717, 1.165) is 50.4 Å². The molecule has 18 heavy (non-hydrogen) atoms. The van der Waals surface area contributed by atoms with Gasteiger partial charge in [0.15, 0.2) is 0 Å². The number of nitrogens with two attached hydrogens (primary N) is 1. The van der Waals surface area contributed by atoms with Crippen LogP contribution in [0.25, 0.3) is 0 Å². The van der Waals surface area contributed by atoms with Gasteiger partial charge in [-0.2, -0.15) is 0 Å². The summed E-state index contributed by atoms with van der Waals surface area (Å²) in [6.45, 7) is 2.43. The molecular weight excluding hydrogens is 250 g/mol. The van der Waals surface area contributed by atoms with E-state index in [1.165, 1.54) is 11.5 Å². The van der Waals surface area contributed by atoms with Crippen molar-refractivity contribution in [3.63, 3.8) is 0 Å². The van der Waals surface area contributed by atoms with Crippen LogP contribution in [0, 0.1) is 5.92 Å². The van der Waals surface area contributed by atoms with Gasteiger partial charge >= 0.3 is 0 Å². The van der Waals surface area contributed by atoms with Crippen LogP contribution in [0.3, 0.4) is 0 Å². The fourth-order valence-electron chi connectivity index (χ4n) is 3.02. The van der Waals surface area contributed by atoms with Gasteiger partial charge in [0.2, 0.25) is 0 Å². The summed E-state index contributed by atoms with van der Waals surface area (Å²) in [5.41, 5.74) is 6.36. The van der Waals surface area contributed by atoms with E-state index in [1.807, 2.05) is 0 Å². The monoisotopic (exact) mass is 269 g/mol. The van der Waals surface area contributed by atoms with Gasteiger partial charge in [-0.3, -0.25) is 0 Å². The molecule has 0 amide bonds. The summed E-state index contributed by atoms with van der Waals surface area (Å²) in [6.07, 6.45) is 5.85. The highest BCUT2D eigenvalue weighted by Gasteiger charge is 2.41. The lowest BCUT2D eigenvalue weighted by Crippen LogP contribution is -2.46. The van der Waals surface area contributed by atoms with E-state index in [2.05, 4.69) is 9.59 Å². The lowest BCUT2D eigenvalue weighted by molar-refractivity contribution is -0.149. The van der Waals surface area contributed by atoms with Crippen LogP contribution in [0.4, 0.5) is 0 Å². The molecule has 100 valence electrons. The molecule has 3 rings (SSSR count). The highest BCUT2D eigenvalue weighted by molar-refractivity contribution is 7.05. The minimum atomic E-state index is 0.0108. The van der Waals surface area contributed by atoms with Crippen LogP contribution < -0.4 is 5.73 Å². The van der Waals surface area contributed by atoms with Crippen molar-refractivity contribution in [2.45, 2.75) is 37.3 Å². The van der Waals surface area contributed by atoms with Gasteiger partial charge in [-0.05, 0) is 43.1 Å². The molecule has 1 aromatic heterocycles. The third kappa shape index (κ3) is 2.42. The SMILES string of the molecule is NC(c1cnns1)C1CCOC2(CCOCC2)C1. The lowest BCUT2D eigenvalue weighted by Gasteiger charge is -2.44. The summed E-state index contributed by atoms with van der Waals surface area (Å²) < 4.78 is 15.4. The van der Waals surface area contributed by atoms with Crippen molar-refractivity contribution >= 4 is 11.5 Å². The quantitative estimate of drug-likeness (QED) is 0.881. The number of hydrogen-bond acceptors (Lipinski definition) is 6. The summed E-state index contributed by atoms with van der Waals surface area (Å²) in [4.78, 5) is 1.09. The molecule has 2 N–H and O–H groups in total. The van der Waals surface area contributed by atoms with Gasteiger partial charge in [0.1, 0.15) is 0 Å². The van der Waals surface area contributed by atoms with E-state index in [1.54, 1.807) is 6.20 Å². The lowest BCUT2D eigenvalue weighted by atomic mass is 9.78. The molecule has 5 nitrogen and oxygen atoms in total. The van der Waals surface area contributed by atoms with Crippen molar-refractivity contribution < 1.29 is 9.47 Å². The van der Waals surface area contributed by atoms with E-state index in [9.17, 15) is 0 Å². The molecule has 0 saturated carbocycles. The molecule has 0 radical (unpaired) electrons. The second kappa shape index (κ2) is 5.21. The van der Waals surface area contributed by atoms with Crippen LogP contribution in [0.1, 0.15) is 36.6 Å². The van der Waals surface area contributed by atoms with Crippen molar-refractivity contribution in [1.29, 1.82) is 0 Å². The molecule has 0 aliphatic carbocycles. The number of ether oxygens (including phenoxy) is 2. The third-order valence-corrected chi connectivity index (χ3v) is 4.91. The van der Waals surface area contributed by atoms with Crippen molar-refractivity contribution in [3.8, 4) is 0 Å². The minimum Gasteiger partial charge on any atom is -0.381 e. The Balaban J connectivity index is 1.70. The number of aromatic nitrogens is 2. The number of hydrogen-bond donors (Lipinski definition) is 1. The molecule has 1 spiro atoms. The molecule has 1 aromatic rings. The molecule has 2 aliphatic heterocycles. The van der Waals surface area contributed by atoms with Gasteiger partial charge in [0, 0.05) is 25.9 Å². The van der Waals surface area contributed by atoms with E-state index >= 15 is 0 Å². The Morgan fingerprint density at radius 1 is 1.39 bits per heavy atom. The van der Waals surface area contributed by atoms with Crippen LogP contribution >= 0.6 is 11.5 Å². The zero-order chi connectivity index (χ0) is 12.4. The van der Waals surface area contributed by atoms with Gasteiger partial charge < -0.3 is 15.2 Å². The van der Waals surface area contributed by atoms with E-state index < -0.39 is 0 Å². The first-order chi connectivity index (χ1) is 8.79. The molecular formula is C12H19N3O2S. The average Bonchev–Trinajstić information content (AvgIpc) is 2.93.